The Balaban J connectivity index is 1.86. The summed E-state index contributed by atoms with van der Waals surface area (Å²) in [5, 5.41) is 1.55. The summed E-state index contributed by atoms with van der Waals surface area (Å²) in [5.41, 5.74) is 2.79. The van der Waals surface area contributed by atoms with Gasteiger partial charge >= 0.3 is 0 Å². The van der Waals surface area contributed by atoms with E-state index in [-0.39, 0.29) is 5.91 Å². The lowest BCUT2D eigenvalue weighted by Crippen LogP contribution is -2.39. The van der Waals surface area contributed by atoms with Gasteiger partial charge in [0.1, 0.15) is 0 Å². The fraction of sp³-hybridized carbons (Fsp3) is 0.333. The lowest BCUT2D eigenvalue weighted by Gasteiger charge is -2.20. The molecule has 2 heterocycles. The zero-order valence-corrected chi connectivity index (χ0v) is 18.2. The molecule has 28 heavy (non-hydrogen) atoms. The van der Waals surface area contributed by atoms with Crippen molar-refractivity contribution in [2.45, 2.75) is 33.6 Å². The van der Waals surface area contributed by atoms with Crippen LogP contribution in [-0.4, -0.2) is 28.6 Å². The van der Waals surface area contributed by atoms with Crippen molar-refractivity contribution in [2.24, 2.45) is 0 Å². The number of benzene rings is 1. The second-order valence-electron chi connectivity index (χ2n) is 6.53. The number of ether oxygens (including phenoxy) is 2. The van der Waals surface area contributed by atoms with Crippen LogP contribution in [0.5, 0.6) is 11.5 Å². The van der Waals surface area contributed by atoms with Crippen LogP contribution in [0.2, 0.25) is 0 Å². The summed E-state index contributed by atoms with van der Waals surface area (Å²) in [7, 11) is 1.61. The molecule has 0 radical (unpaired) electrons. The quantitative estimate of drug-likeness (QED) is 0.367. The molecule has 3 rings (SSSR count). The van der Waals surface area contributed by atoms with Crippen molar-refractivity contribution in [3.8, 4) is 11.5 Å². The molecule has 0 atom stereocenters. The Morgan fingerprint density at radius 3 is 2.50 bits per heavy atom. The van der Waals surface area contributed by atoms with Gasteiger partial charge in [0.25, 0.3) is 5.91 Å². The van der Waals surface area contributed by atoms with E-state index in [0.717, 1.165) is 29.8 Å². The molecule has 2 aromatic rings. The smallest absolute Gasteiger partial charge is 0.285 e. The van der Waals surface area contributed by atoms with Gasteiger partial charge in [0.15, 0.2) is 15.8 Å². The molecule has 1 aliphatic rings. The van der Waals surface area contributed by atoms with Crippen molar-refractivity contribution >= 4 is 40.3 Å². The van der Waals surface area contributed by atoms with E-state index >= 15 is 0 Å². The Kier molecular flexibility index (Phi) is 6.46. The topological polar surface area (TPSA) is 43.7 Å². The maximum absolute atomic E-state index is 13.0. The summed E-state index contributed by atoms with van der Waals surface area (Å²) in [6.07, 6.45) is 3.90. The van der Waals surface area contributed by atoms with Crippen molar-refractivity contribution in [3.05, 3.63) is 52.2 Å². The van der Waals surface area contributed by atoms with Gasteiger partial charge in [-0.15, -0.1) is 0 Å². The molecule has 1 saturated heterocycles. The minimum Gasteiger partial charge on any atom is -0.493 e. The molecule has 0 aliphatic carbocycles. The largest absolute Gasteiger partial charge is 0.493 e. The molecule has 148 valence electrons. The van der Waals surface area contributed by atoms with Crippen LogP contribution in [0.1, 0.15) is 36.7 Å². The van der Waals surface area contributed by atoms with Gasteiger partial charge in [-0.25, -0.2) is 0 Å². The number of thiocarbonyl (C=S) groups is 1. The molecular weight excluding hydrogens is 392 g/mol. The molecule has 0 unspecified atom stereocenters. The van der Waals surface area contributed by atoms with E-state index in [4.69, 9.17) is 21.7 Å². The predicted molar refractivity (Wildman–Crippen MR) is 119 cm³/mol. The number of amides is 1. The maximum atomic E-state index is 13.0. The number of carbonyl (C=O) groups is 1. The van der Waals surface area contributed by atoms with E-state index in [0.29, 0.717) is 27.3 Å². The van der Waals surface area contributed by atoms with E-state index in [1.54, 1.807) is 12.1 Å². The number of thioether (sulfide) groups is 1. The Bertz CT molecular complexity index is 914. The van der Waals surface area contributed by atoms with Crippen LogP contribution in [0.25, 0.3) is 6.08 Å². The average molecular weight is 417 g/mol. The third kappa shape index (κ3) is 4.10. The van der Waals surface area contributed by atoms with Crippen LogP contribution in [0.3, 0.4) is 0 Å². The SMILES string of the molecule is CCCCOc1ccc(/C=C2\SC(=S)N(n3c(C)ccc3C)C2=O)cc1OC. The molecule has 1 aliphatic heterocycles. The molecule has 1 aromatic heterocycles. The summed E-state index contributed by atoms with van der Waals surface area (Å²) in [6.45, 7) is 6.69. The zero-order chi connectivity index (χ0) is 20.3. The molecule has 1 fully saturated rings. The minimum absolute atomic E-state index is 0.125. The first-order chi connectivity index (χ1) is 13.5. The van der Waals surface area contributed by atoms with Gasteiger partial charge < -0.3 is 9.47 Å². The highest BCUT2D eigenvalue weighted by Crippen LogP contribution is 2.35. The van der Waals surface area contributed by atoms with Crippen LogP contribution < -0.4 is 14.5 Å². The Hall–Kier alpha value is -2.25. The van der Waals surface area contributed by atoms with Crippen LogP contribution in [0.4, 0.5) is 0 Å². The Morgan fingerprint density at radius 2 is 1.86 bits per heavy atom. The number of methoxy groups -OCH3 is 1. The van der Waals surface area contributed by atoms with Crippen LogP contribution >= 0.6 is 24.0 Å². The van der Waals surface area contributed by atoms with Crippen molar-refractivity contribution in [1.29, 1.82) is 0 Å². The molecule has 5 nitrogen and oxygen atoms in total. The lowest BCUT2D eigenvalue weighted by molar-refractivity contribution is -0.114. The second kappa shape index (κ2) is 8.84. The van der Waals surface area contributed by atoms with Gasteiger partial charge in [-0.3, -0.25) is 9.47 Å². The molecule has 0 N–H and O–H groups in total. The van der Waals surface area contributed by atoms with Crippen molar-refractivity contribution in [2.75, 3.05) is 18.7 Å². The van der Waals surface area contributed by atoms with Gasteiger partial charge in [-0.2, -0.15) is 5.01 Å². The van der Waals surface area contributed by atoms with Crippen LogP contribution in [0, 0.1) is 13.8 Å². The summed E-state index contributed by atoms with van der Waals surface area (Å²) in [6, 6.07) is 9.61. The highest BCUT2D eigenvalue weighted by Gasteiger charge is 2.34. The molecular formula is C21H24N2O3S2. The number of rotatable bonds is 7. The summed E-state index contributed by atoms with van der Waals surface area (Å²) in [5.74, 6) is 1.23. The van der Waals surface area contributed by atoms with E-state index in [9.17, 15) is 4.79 Å². The molecule has 0 spiro atoms. The number of hydrogen-bond donors (Lipinski definition) is 0. The van der Waals surface area contributed by atoms with Crippen LogP contribution in [0.15, 0.2) is 35.2 Å². The third-order valence-corrected chi connectivity index (χ3v) is 5.73. The first-order valence-electron chi connectivity index (χ1n) is 9.20. The number of hydrogen-bond acceptors (Lipinski definition) is 5. The zero-order valence-electron chi connectivity index (χ0n) is 16.5. The van der Waals surface area contributed by atoms with E-state index in [1.807, 2.05) is 54.9 Å². The molecule has 1 amide bonds. The fourth-order valence-corrected chi connectivity index (χ4v) is 4.22. The van der Waals surface area contributed by atoms with E-state index < -0.39 is 0 Å². The van der Waals surface area contributed by atoms with E-state index in [1.165, 1.54) is 11.8 Å². The van der Waals surface area contributed by atoms with Gasteiger partial charge in [0, 0.05) is 11.4 Å². The first kappa shape index (κ1) is 20.5. The number of carbonyl (C=O) groups excluding carboxylic acids is 1. The third-order valence-electron chi connectivity index (χ3n) is 4.45. The standard InChI is InChI=1S/C21H24N2O3S2/c1-5-6-11-26-17-10-9-16(12-18(17)25-4)13-19-20(24)23(21(27)28-19)22-14(2)7-8-15(22)3/h7-10,12-13H,5-6,11H2,1-4H3/b19-13-. The normalized spacial score (nSPS) is 15.6. The van der Waals surface area contributed by atoms with Gasteiger partial charge in [-0.1, -0.05) is 31.2 Å². The molecule has 7 heteroatoms. The van der Waals surface area contributed by atoms with Gasteiger partial charge in [0.05, 0.1) is 18.6 Å². The minimum atomic E-state index is -0.125. The average Bonchev–Trinajstić information content (AvgIpc) is 3.14. The Morgan fingerprint density at radius 1 is 1.14 bits per heavy atom. The number of nitrogens with zero attached hydrogens (tertiary/aromatic N) is 2. The maximum Gasteiger partial charge on any atom is 0.285 e. The monoisotopic (exact) mass is 416 g/mol. The fourth-order valence-electron chi connectivity index (χ4n) is 2.98. The van der Waals surface area contributed by atoms with Gasteiger partial charge in [0.2, 0.25) is 0 Å². The molecule has 0 saturated carbocycles. The summed E-state index contributed by atoms with van der Waals surface area (Å²) >= 11 is 6.77. The second-order valence-corrected chi connectivity index (χ2v) is 8.21. The molecule has 0 bridgehead atoms. The van der Waals surface area contributed by atoms with Crippen molar-refractivity contribution in [1.82, 2.24) is 4.68 Å². The highest BCUT2D eigenvalue weighted by molar-refractivity contribution is 8.27. The Labute approximate surface area is 175 Å². The van der Waals surface area contributed by atoms with Gasteiger partial charge in [-0.05, 0) is 68.4 Å². The van der Waals surface area contributed by atoms with Crippen molar-refractivity contribution < 1.29 is 14.3 Å². The van der Waals surface area contributed by atoms with E-state index in [2.05, 4.69) is 6.92 Å². The van der Waals surface area contributed by atoms with Crippen molar-refractivity contribution in [3.63, 3.8) is 0 Å². The van der Waals surface area contributed by atoms with Crippen LogP contribution in [-0.2, 0) is 4.79 Å². The number of unbranched alkanes of at least 4 members (excludes halogenated alkanes) is 1. The summed E-state index contributed by atoms with van der Waals surface area (Å²) < 4.78 is 13.6. The lowest BCUT2D eigenvalue weighted by atomic mass is 10.2. The number of aryl methyl sites for hydroxylation is 2. The first-order valence-corrected chi connectivity index (χ1v) is 10.4. The summed E-state index contributed by atoms with van der Waals surface area (Å²) in [4.78, 5) is 13.6. The highest BCUT2D eigenvalue weighted by atomic mass is 32.2. The predicted octanol–water partition coefficient (Wildman–Crippen LogP) is 4.83. The number of aromatic nitrogens is 1. The molecule has 1 aromatic carbocycles.